The van der Waals surface area contributed by atoms with E-state index in [1.807, 2.05) is 0 Å². The van der Waals surface area contributed by atoms with E-state index in [0.717, 1.165) is 10.9 Å². The Morgan fingerprint density at radius 1 is 1.50 bits per heavy atom. The van der Waals surface area contributed by atoms with Crippen LogP contribution in [0.2, 0.25) is 0 Å². The summed E-state index contributed by atoms with van der Waals surface area (Å²) in [5.74, 6) is -0.792. The molecule has 1 aromatic heterocycles. The second-order valence-corrected chi connectivity index (χ2v) is 4.31. The maximum Gasteiger partial charge on any atom is 0.345 e. The minimum Gasteiger partial charge on any atom is -0.462 e. The van der Waals surface area contributed by atoms with Gasteiger partial charge in [0.25, 0.3) is 5.56 Å². The van der Waals surface area contributed by atoms with Crippen LogP contribution in [0.5, 0.6) is 0 Å². The second-order valence-electron chi connectivity index (χ2n) is 4.31. The van der Waals surface area contributed by atoms with E-state index in [1.54, 1.807) is 6.92 Å². The van der Waals surface area contributed by atoms with E-state index in [4.69, 9.17) is 14.6 Å². The van der Waals surface area contributed by atoms with Gasteiger partial charge in [-0.25, -0.2) is 9.48 Å². The standard InChI is InChI=1S/C11H16N2O7/c1-2-19-11(18)5-3-12-13(9(5)17)10-8(16)7(15)6(4-14)20-10/h3,6-8,10,12,14-16H,2,4H2,1H3. The number of nitrogens with one attached hydrogen (secondary N) is 1. The lowest BCUT2D eigenvalue weighted by atomic mass is 10.1. The van der Waals surface area contributed by atoms with Gasteiger partial charge in [0.1, 0.15) is 23.9 Å². The van der Waals surface area contributed by atoms with Crippen LogP contribution >= 0.6 is 0 Å². The highest BCUT2D eigenvalue weighted by Crippen LogP contribution is 2.27. The largest absolute Gasteiger partial charge is 0.462 e. The zero-order valence-corrected chi connectivity index (χ0v) is 10.7. The van der Waals surface area contributed by atoms with Gasteiger partial charge in [-0.1, -0.05) is 0 Å². The van der Waals surface area contributed by atoms with Crippen LogP contribution in [0.4, 0.5) is 0 Å². The fourth-order valence-corrected chi connectivity index (χ4v) is 2.02. The molecule has 0 amide bonds. The monoisotopic (exact) mass is 288 g/mol. The van der Waals surface area contributed by atoms with Gasteiger partial charge < -0.3 is 24.8 Å². The number of rotatable bonds is 4. The first-order chi connectivity index (χ1) is 9.51. The lowest BCUT2D eigenvalue weighted by Crippen LogP contribution is -2.35. The summed E-state index contributed by atoms with van der Waals surface area (Å²) in [6, 6.07) is 0. The summed E-state index contributed by atoms with van der Waals surface area (Å²) in [5, 5.41) is 30.9. The molecule has 0 aromatic carbocycles. The Morgan fingerprint density at radius 2 is 2.20 bits per heavy atom. The van der Waals surface area contributed by atoms with Gasteiger partial charge in [0.15, 0.2) is 6.23 Å². The average Bonchev–Trinajstić information content (AvgIpc) is 2.93. The average molecular weight is 288 g/mol. The molecule has 1 aliphatic heterocycles. The maximum absolute atomic E-state index is 12.0. The molecule has 0 aliphatic carbocycles. The second kappa shape index (κ2) is 5.75. The number of H-pyrrole nitrogens is 1. The number of nitrogens with zero attached hydrogens (tertiary/aromatic N) is 1. The van der Waals surface area contributed by atoms with E-state index in [2.05, 4.69) is 5.10 Å². The van der Waals surface area contributed by atoms with Crippen LogP contribution in [0, 0.1) is 0 Å². The summed E-state index contributed by atoms with van der Waals surface area (Å²) in [7, 11) is 0. The lowest BCUT2D eigenvalue weighted by Gasteiger charge is -2.14. The third-order valence-electron chi connectivity index (χ3n) is 3.06. The van der Waals surface area contributed by atoms with Crippen molar-refractivity contribution < 1.29 is 29.6 Å². The number of esters is 1. The van der Waals surface area contributed by atoms with Gasteiger partial charge >= 0.3 is 5.97 Å². The summed E-state index contributed by atoms with van der Waals surface area (Å²) >= 11 is 0. The zero-order chi connectivity index (χ0) is 14.9. The Balaban J connectivity index is 2.27. The molecular formula is C11H16N2O7. The highest BCUT2D eigenvalue weighted by Gasteiger charge is 2.44. The molecule has 20 heavy (non-hydrogen) atoms. The minimum atomic E-state index is -1.40. The highest BCUT2D eigenvalue weighted by molar-refractivity contribution is 5.88. The molecule has 4 N–H and O–H groups in total. The molecule has 0 saturated carbocycles. The number of aromatic amines is 1. The number of aliphatic hydroxyl groups is 3. The fraction of sp³-hybridized carbons (Fsp3) is 0.636. The van der Waals surface area contributed by atoms with Crippen molar-refractivity contribution in [1.29, 1.82) is 0 Å². The van der Waals surface area contributed by atoms with Crippen LogP contribution < -0.4 is 5.56 Å². The smallest absolute Gasteiger partial charge is 0.345 e. The molecule has 4 atom stereocenters. The lowest BCUT2D eigenvalue weighted by molar-refractivity contribution is -0.0602. The van der Waals surface area contributed by atoms with E-state index in [-0.39, 0.29) is 12.2 Å². The number of hydrogen-bond acceptors (Lipinski definition) is 7. The van der Waals surface area contributed by atoms with E-state index in [9.17, 15) is 19.8 Å². The molecule has 2 heterocycles. The minimum absolute atomic E-state index is 0.122. The Bertz CT molecular complexity index is 537. The van der Waals surface area contributed by atoms with Crippen molar-refractivity contribution in [3.8, 4) is 0 Å². The van der Waals surface area contributed by atoms with Gasteiger partial charge in [0.2, 0.25) is 0 Å². The number of carbonyl (C=O) groups is 1. The summed E-state index contributed by atoms with van der Waals surface area (Å²) in [6.07, 6.45) is -3.81. The molecule has 2 rings (SSSR count). The number of hydrogen-bond donors (Lipinski definition) is 4. The van der Waals surface area contributed by atoms with Crippen molar-refractivity contribution in [3.63, 3.8) is 0 Å². The van der Waals surface area contributed by atoms with E-state index < -0.39 is 42.7 Å². The SMILES string of the molecule is CCOC(=O)c1c[nH]n(C2OC(CO)C(O)C2O)c1=O. The third kappa shape index (κ3) is 2.36. The number of aliphatic hydroxyl groups excluding tert-OH is 3. The van der Waals surface area contributed by atoms with Crippen molar-refractivity contribution in [3.05, 3.63) is 22.1 Å². The summed E-state index contributed by atoms with van der Waals surface area (Å²) in [5.41, 5.74) is -0.970. The summed E-state index contributed by atoms with van der Waals surface area (Å²) in [6.45, 7) is 1.22. The van der Waals surface area contributed by atoms with Crippen LogP contribution in [0.3, 0.4) is 0 Å². The number of aromatic nitrogens is 2. The zero-order valence-electron chi connectivity index (χ0n) is 10.7. The van der Waals surface area contributed by atoms with E-state index >= 15 is 0 Å². The topological polar surface area (TPSA) is 134 Å². The van der Waals surface area contributed by atoms with Crippen LogP contribution in [-0.2, 0) is 9.47 Å². The molecular weight excluding hydrogens is 272 g/mol. The Kier molecular flexibility index (Phi) is 4.23. The van der Waals surface area contributed by atoms with Gasteiger partial charge in [-0.15, -0.1) is 0 Å². The van der Waals surface area contributed by atoms with Gasteiger partial charge in [-0.3, -0.25) is 9.89 Å². The predicted molar refractivity (Wildman–Crippen MR) is 64.0 cm³/mol. The van der Waals surface area contributed by atoms with E-state index in [1.165, 1.54) is 0 Å². The number of carbonyl (C=O) groups excluding carboxylic acids is 1. The molecule has 0 radical (unpaired) electrons. The van der Waals surface area contributed by atoms with Crippen molar-refractivity contribution in [2.24, 2.45) is 0 Å². The Hall–Kier alpha value is -1.68. The molecule has 4 unspecified atom stereocenters. The fourth-order valence-electron chi connectivity index (χ4n) is 2.02. The maximum atomic E-state index is 12.0. The molecule has 1 fully saturated rings. The van der Waals surface area contributed by atoms with Crippen molar-refractivity contribution in [1.82, 2.24) is 9.78 Å². The van der Waals surface area contributed by atoms with E-state index in [0.29, 0.717) is 0 Å². The molecule has 1 aliphatic rings. The van der Waals surface area contributed by atoms with Crippen molar-refractivity contribution >= 4 is 5.97 Å². The molecule has 1 saturated heterocycles. The quantitative estimate of drug-likeness (QED) is 0.469. The number of ether oxygens (including phenoxy) is 2. The first-order valence-electron chi connectivity index (χ1n) is 6.10. The molecule has 0 bridgehead atoms. The van der Waals surface area contributed by atoms with Crippen molar-refractivity contribution in [2.45, 2.75) is 31.5 Å². The first kappa shape index (κ1) is 14.7. The van der Waals surface area contributed by atoms with Crippen LogP contribution in [0.15, 0.2) is 11.0 Å². The predicted octanol–water partition coefficient (Wildman–Crippen LogP) is -2.04. The van der Waals surface area contributed by atoms with Crippen molar-refractivity contribution in [2.75, 3.05) is 13.2 Å². The van der Waals surface area contributed by atoms with Gasteiger partial charge in [0, 0.05) is 6.20 Å². The van der Waals surface area contributed by atoms with Crippen LogP contribution in [0.1, 0.15) is 23.5 Å². The Morgan fingerprint density at radius 3 is 2.75 bits per heavy atom. The molecule has 112 valence electrons. The van der Waals surface area contributed by atoms with Gasteiger partial charge in [0.05, 0.1) is 13.2 Å². The van der Waals surface area contributed by atoms with Crippen LogP contribution in [-0.4, -0.2) is 62.6 Å². The summed E-state index contributed by atoms with van der Waals surface area (Å²) < 4.78 is 10.8. The van der Waals surface area contributed by atoms with Crippen LogP contribution in [0.25, 0.3) is 0 Å². The summed E-state index contributed by atoms with van der Waals surface area (Å²) in [4.78, 5) is 23.5. The first-order valence-corrected chi connectivity index (χ1v) is 6.10. The molecule has 1 aromatic rings. The highest BCUT2D eigenvalue weighted by atomic mass is 16.6. The van der Waals surface area contributed by atoms with Gasteiger partial charge in [-0.05, 0) is 6.92 Å². The molecule has 9 nitrogen and oxygen atoms in total. The molecule has 0 spiro atoms. The third-order valence-corrected chi connectivity index (χ3v) is 3.06. The van der Waals surface area contributed by atoms with Gasteiger partial charge in [-0.2, -0.15) is 0 Å². The Labute approximate surface area is 113 Å². The molecule has 9 heteroatoms. The normalized spacial score (nSPS) is 29.6.